The average Bonchev–Trinajstić information content (AvgIpc) is 2.10. The Balaban J connectivity index is 4.41. The predicted molar refractivity (Wildman–Crippen MR) is 92.0 cm³/mol. The highest BCUT2D eigenvalue weighted by Crippen LogP contribution is 2.29. The summed E-state index contributed by atoms with van der Waals surface area (Å²) in [5.74, 6) is 0. The maximum Gasteiger partial charge on any atom is 0.187 e. The maximum absolute atomic E-state index is 6.53. The molecule has 0 radical (unpaired) electrons. The van der Waals surface area contributed by atoms with Crippen LogP contribution in [0, 0.1) is 0 Å². The summed E-state index contributed by atoms with van der Waals surface area (Å²) in [4.78, 5) is 0. The van der Waals surface area contributed by atoms with Crippen molar-refractivity contribution in [2.75, 3.05) is 19.6 Å². The predicted octanol–water partition coefficient (Wildman–Crippen LogP) is 3.19. The van der Waals surface area contributed by atoms with E-state index < -0.39 is 16.4 Å². The normalized spacial score (nSPS) is 16.4. The SMILES string of the molecule is CC(C)(C)O[Si](C)(CCCNCCN)C[Si](C)(C)C. The maximum atomic E-state index is 6.53. The number of hydrogen-bond donors (Lipinski definition) is 2. The van der Waals surface area contributed by atoms with Crippen LogP contribution in [0.1, 0.15) is 27.2 Å². The van der Waals surface area contributed by atoms with Gasteiger partial charge in [-0.3, -0.25) is 0 Å². The van der Waals surface area contributed by atoms with Gasteiger partial charge in [0, 0.05) is 26.8 Å². The first-order valence-corrected chi connectivity index (χ1v) is 14.1. The number of nitrogens with two attached hydrogens (primary N) is 1. The average molecular weight is 305 g/mol. The van der Waals surface area contributed by atoms with Crippen LogP contribution in [0.5, 0.6) is 0 Å². The van der Waals surface area contributed by atoms with Crippen LogP contribution in [0.25, 0.3) is 0 Å². The minimum absolute atomic E-state index is 0.00862. The van der Waals surface area contributed by atoms with E-state index in [0.717, 1.165) is 19.6 Å². The number of rotatable bonds is 9. The second-order valence-electron chi connectivity index (χ2n) is 8.04. The molecule has 0 heterocycles. The topological polar surface area (TPSA) is 47.3 Å². The molecular weight excluding hydrogens is 268 g/mol. The molecule has 1 unspecified atom stereocenters. The molecule has 1 atom stereocenters. The van der Waals surface area contributed by atoms with E-state index in [1.165, 1.54) is 18.1 Å². The third-order valence-corrected chi connectivity index (χ3v) is 12.6. The Bertz CT molecular complexity index is 231. The van der Waals surface area contributed by atoms with Crippen molar-refractivity contribution < 1.29 is 4.43 Å². The Labute approximate surface area is 122 Å². The van der Waals surface area contributed by atoms with E-state index >= 15 is 0 Å². The fourth-order valence-corrected chi connectivity index (χ4v) is 15.3. The highest BCUT2D eigenvalue weighted by Gasteiger charge is 2.37. The Morgan fingerprint density at radius 2 is 1.63 bits per heavy atom. The summed E-state index contributed by atoms with van der Waals surface area (Å²) in [6.07, 6.45) is 1.21. The van der Waals surface area contributed by atoms with Crippen LogP contribution in [0.4, 0.5) is 0 Å². The molecule has 19 heavy (non-hydrogen) atoms. The van der Waals surface area contributed by atoms with E-state index in [2.05, 4.69) is 52.3 Å². The second kappa shape index (κ2) is 7.93. The minimum atomic E-state index is -1.59. The lowest BCUT2D eigenvalue weighted by molar-refractivity contribution is 0.119. The van der Waals surface area contributed by atoms with Crippen LogP contribution in [0.3, 0.4) is 0 Å². The van der Waals surface area contributed by atoms with Crippen molar-refractivity contribution >= 4 is 16.4 Å². The van der Waals surface area contributed by atoms with Gasteiger partial charge in [0.1, 0.15) is 0 Å². The lowest BCUT2D eigenvalue weighted by Gasteiger charge is -2.38. The highest BCUT2D eigenvalue weighted by atomic mass is 28.4. The van der Waals surface area contributed by atoms with E-state index in [0.29, 0.717) is 0 Å². The molecule has 0 aromatic heterocycles. The van der Waals surface area contributed by atoms with Crippen LogP contribution < -0.4 is 11.1 Å². The van der Waals surface area contributed by atoms with Crippen molar-refractivity contribution in [3.05, 3.63) is 0 Å². The molecule has 5 heteroatoms. The van der Waals surface area contributed by atoms with Crippen molar-refractivity contribution in [1.29, 1.82) is 0 Å². The number of nitrogens with one attached hydrogen (secondary N) is 1. The molecule has 0 aliphatic heterocycles. The lowest BCUT2D eigenvalue weighted by atomic mass is 10.2. The summed E-state index contributed by atoms with van der Waals surface area (Å²) in [5.41, 5.74) is 6.84. The van der Waals surface area contributed by atoms with Gasteiger partial charge in [0.15, 0.2) is 8.32 Å². The van der Waals surface area contributed by atoms with Crippen LogP contribution in [0.15, 0.2) is 0 Å². The smallest absolute Gasteiger partial charge is 0.187 e. The van der Waals surface area contributed by atoms with Gasteiger partial charge in [0.25, 0.3) is 0 Å². The quantitative estimate of drug-likeness (QED) is 0.508. The monoisotopic (exact) mass is 304 g/mol. The van der Waals surface area contributed by atoms with Gasteiger partial charge < -0.3 is 15.5 Å². The molecule has 3 N–H and O–H groups in total. The second-order valence-corrected chi connectivity index (χ2v) is 18.2. The summed E-state index contributed by atoms with van der Waals surface area (Å²) in [7, 11) is -2.66. The molecule has 0 saturated carbocycles. The zero-order valence-corrected chi connectivity index (χ0v) is 16.2. The van der Waals surface area contributed by atoms with Gasteiger partial charge in [-0.15, -0.1) is 0 Å². The fraction of sp³-hybridized carbons (Fsp3) is 1.00. The van der Waals surface area contributed by atoms with Crippen molar-refractivity contribution in [3.8, 4) is 0 Å². The first-order valence-electron chi connectivity index (χ1n) is 7.58. The van der Waals surface area contributed by atoms with Crippen LogP contribution in [-0.2, 0) is 4.43 Å². The first kappa shape index (κ1) is 19.3. The van der Waals surface area contributed by atoms with Gasteiger partial charge in [0.05, 0.1) is 0 Å². The van der Waals surface area contributed by atoms with Gasteiger partial charge >= 0.3 is 0 Å². The first-order chi connectivity index (χ1) is 8.47. The van der Waals surface area contributed by atoms with Gasteiger partial charge in [-0.1, -0.05) is 19.6 Å². The van der Waals surface area contributed by atoms with Crippen LogP contribution >= 0.6 is 0 Å². The van der Waals surface area contributed by atoms with E-state index in [1.54, 1.807) is 0 Å². The molecule has 3 nitrogen and oxygen atoms in total. The zero-order chi connectivity index (χ0) is 15.2. The Morgan fingerprint density at radius 1 is 1.05 bits per heavy atom. The van der Waals surface area contributed by atoms with E-state index in [4.69, 9.17) is 10.2 Å². The summed E-state index contributed by atoms with van der Waals surface area (Å²) < 4.78 is 6.53. The van der Waals surface area contributed by atoms with E-state index in [9.17, 15) is 0 Å². The Hall–Kier alpha value is 0.314. The van der Waals surface area contributed by atoms with E-state index in [1.807, 2.05) is 0 Å². The third-order valence-electron chi connectivity index (χ3n) is 2.84. The molecule has 0 amide bonds. The largest absolute Gasteiger partial charge is 0.413 e. The van der Waals surface area contributed by atoms with Crippen molar-refractivity contribution in [1.82, 2.24) is 5.32 Å². The van der Waals surface area contributed by atoms with Crippen molar-refractivity contribution in [2.24, 2.45) is 5.73 Å². The van der Waals surface area contributed by atoms with Gasteiger partial charge in [0.2, 0.25) is 0 Å². The van der Waals surface area contributed by atoms with Gasteiger partial charge in [-0.05, 0) is 52.0 Å². The minimum Gasteiger partial charge on any atom is -0.413 e. The van der Waals surface area contributed by atoms with Crippen LogP contribution in [-0.4, -0.2) is 41.6 Å². The molecule has 0 aliphatic carbocycles. The number of hydrogen-bond acceptors (Lipinski definition) is 3. The highest BCUT2D eigenvalue weighted by molar-refractivity contribution is 6.92. The fourth-order valence-electron chi connectivity index (χ4n) is 2.85. The summed E-state index contributed by atoms with van der Waals surface area (Å²) in [6, 6.07) is 1.26. The third kappa shape index (κ3) is 11.8. The Kier molecular flexibility index (Phi) is 8.06. The summed E-state index contributed by atoms with van der Waals surface area (Å²) in [5, 5.41) is 3.39. The molecular formula is C14H36N2OSi2. The van der Waals surface area contributed by atoms with Gasteiger partial charge in [-0.2, -0.15) is 0 Å². The zero-order valence-electron chi connectivity index (χ0n) is 14.2. The molecule has 0 fully saturated rings. The standard InChI is InChI=1S/C14H36N2OSi2/c1-14(2,3)17-19(7,13-18(4,5)6)12-8-10-16-11-9-15/h16H,8-13,15H2,1-7H3. The van der Waals surface area contributed by atoms with E-state index in [-0.39, 0.29) is 5.60 Å². The Morgan fingerprint density at radius 3 is 2.05 bits per heavy atom. The van der Waals surface area contributed by atoms with Crippen LogP contribution in [0.2, 0.25) is 37.9 Å². The van der Waals surface area contributed by atoms with Crippen molar-refractivity contribution in [3.63, 3.8) is 0 Å². The molecule has 0 aromatic carbocycles. The summed E-state index contributed by atoms with van der Waals surface area (Å²) in [6.45, 7) is 19.1. The van der Waals surface area contributed by atoms with Crippen molar-refractivity contribution in [2.45, 2.75) is 70.7 Å². The molecule has 0 aromatic rings. The molecule has 116 valence electrons. The summed E-state index contributed by atoms with van der Waals surface area (Å²) >= 11 is 0. The molecule has 0 bridgehead atoms. The molecule has 0 rings (SSSR count). The molecule has 0 spiro atoms. The molecule has 0 saturated heterocycles. The lowest BCUT2D eigenvalue weighted by Crippen LogP contribution is -2.47. The molecule has 0 aliphatic rings. The van der Waals surface area contributed by atoms with Gasteiger partial charge in [-0.25, -0.2) is 0 Å².